The lowest BCUT2D eigenvalue weighted by Crippen LogP contribution is -2.06. The zero-order valence-electron chi connectivity index (χ0n) is 12.2. The van der Waals surface area contributed by atoms with Crippen LogP contribution < -0.4 is 9.47 Å². The Balaban J connectivity index is 3.16. The monoisotopic (exact) mass is 304 g/mol. The summed E-state index contributed by atoms with van der Waals surface area (Å²) in [7, 11) is -0.657. The number of hydrogen-bond donors (Lipinski definition) is 1. The van der Waals surface area contributed by atoms with Gasteiger partial charge >= 0.3 is 7.60 Å². The molecule has 114 valence electrons. The van der Waals surface area contributed by atoms with Crippen LogP contribution in [0.5, 0.6) is 11.5 Å². The van der Waals surface area contributed by atoms with E-state index in [2.05, 4.69) is 0 Å². The van der Waals surface area contributed by atoms with Gasteiger partial charge in [-0.3, -0.25) is 4.57 Å². The molecule has 1 N–H and O–H groups in total. The first-order valence-corrected chi connectivity index (χ1v) is 7.91. The van der Waals surface area contributed by atoms with E-state index in [1.165, 1.54) is 14.2 Å². The molecule has 1 rings (SSSR count). The van der Waals surface area contributed by atoms with Crippen molar-refractivity contribution in [3.05, 3.63) is 23.8 Å². The lowest BCUT2D eigenvalue weighted by molar-refractivity contribution is 0.150. The number of methoxy groups -OCH3 is 2. The van der Waals surface area contributed by atoms with Gasteiger partial charge in [-0.2, -0.15) is 0 Å². The van der Waals surface area contributed by atoms with Crippen LogP contribution in [-0.2, 0) is 13.6 Å². The first-order chi connectivity index (χ1) is 9.50. The predicted octanol–water partition coefficient (Wildman–Crippen LogP) is 2.96. The van der Waals surface area contributed by atoms with Gasteiger partial charge in [0.25, 0.3) is 0 Å². The minimum absolute atomic E-state index is 0.176. The molecule has 0 radical (unpaired) electrons. The minimum atomic E-state index is -3.65. The number of aliphatic hydroxyl groups is 1. The molecule has 0 fully saturated rings. The maximum Gasteiger partial charge on any atom is 0.363 e. The number of aliphatic hydroxyl groups excluding tert-OH is 1. The van der Waals surface area contributed by atoms with E-state index in [-0.39, 0.29) is 13.2 Å². The molecule has 6 nitrogen and oxygen atoms in total. The highest BCUT2D eigenvalue weighted by molar-refractivity contribution is 7.54. The van der Waals surface area contributed by atoms with Crippen molar-refractivity contribution in [1.29, 1.82) is 0 Å². The Morgan fingerprint density at radius 1 is 1.05 bits per heavy atom. The average Bonchev–Trinajstić information content (AvgIpc) is 2.46. The van der Waals surface area contributed by atoms with Gasteiger partial charge in [-0.15, -0.1) is 0 Å². The highest BCUT2D eigenvalue weighted by Gasteiger charge is 2.35. The molecule has 1 unspecified atom stereocenters. The Morgan fingerprint density at radius 2 is 1.50 bits per heavy atom. The maximum atomic E-state index is 12.5. The fourth-order valence-corrected chi connectivity index (χ4v) is 3.29. The van der Waals surface area contributed by atoms with Gasteiger partial charge in [0, 0.05) is 6.07 Å². The van der Waals surface area contributed by atoms with Crippen molar-refractivity contribution in [2.45, 2.75) is 19.7 Å². The Labute approximate surface area is 119 Å². The van der Waals surface area contributed by atoms with Crippen LogP contribution in [0.25, 0.3) is 0 Å². The van der Waals surface area contributed by atoms with Gasteiger partial charge in [-0.1, -0.05) is 0 Å². The van der Waals surface area contributed by atoms with Crippen molar-refractivity contribution in [1.82, 2.24) is 0 Å². The summed E-state index contributed by atoms with van der Waals surface area (Å²) in [6.07, 6.45) is 0. The Bertz CT molecular complexity index is 444. The van der Waals surface area contributed by atoms with E-state index in [1.807, 2.05) is 0 Å². The molecule has 0 aliphatic heterocycles. The van der Waals surface area contributed by atoms with Crippen LogP contribution in [0.4, 0.5) is 0 Å². The highest BCUT2D eigenvalue weighted by atomic mass is 31.2. The number of rotatable bonds is 8. The summed E-state index contributed by atoms with van der Waals surface area (Å²) in [6, 6.07) is 4.79. The van der Waals surface area contributed by atoms with Crippen LogP contribution >= 0.6 is 7.60 Å². The molecule has 1 aromatic rings. The third kappa shape index (κ3) is 3.96. The number of hydrogen-bond acceptors (Lipinski definition) is 6. The maximum absolute atomic E-state index is 12.5. The number of benzene rings is 1. The molecule has 1 atom stereocenters. The quantitative estimate of drug-likeness (QED) is 0.744. The lowest BCUT2D eigenvalue weighted by Gasteiger charge is -2.23. The SMILES string of the molecule is CCOP(=O)(OCC)C(O)c1cc(OC)cc(OC)c1. The third-order valence-electron chi connectivity index (χ3n) is 2.59. The van der Waals surface area contributed by atoms with E-state index in [9.17, 15) is 9.67 Å². The van der Waals surface area contributed by atoms with E-state index < -0.39 is 13.4 Å². The zero-order chi connectivity index (χ0) is 15.2. The molecular formula is C13H21O6P. The van der Waals surface area contributed by atoms with Crippen molar-refractivity contribution >= 4 is 7.60 Å². The van der Waals surface area contributed by atoms with E-state index in [0.29, 0.717) is 17.1 Å². The summed E-state index contributed by atoms with van der Waals surface area (Å²) < 4.78 is 33.0. The molecule has 0 spiro atoms. The van der Waals surface area contributed by atoms with Crippen molar-refractivity contribution < 1.29 is 28.2 Å². The molecule has 0 saturated carbocycles. The average molecular weight is 304 g/mol. The van der Waals surface area contributed by atoms with Gasteiger partial charge in [-0.25, -0.2) is 0 Å². The second-order valence-electron chi connectivity index (χ2n) is 3.90. The molecule has 0 bridgehead atoms. The van der Waals surface area contributed by atoms with Gasteiger partial charge in [0.15, 0.2) is 5.85 Å². The molecule has 0 heterocycles. The summed E-state index contributed by atoms with van der Waals surface area (Å²) in [5.41, 5.74) is 0.353. The van der Waals surface area contributed by atoms with Crippen molar-refractivity contribution in [3.63, 3.8) is 0 Å². The summed E-state index contributed by atoms with van der Waals surface area (Å²) in [5.74, 6) is -0.428. The van der Waals surface area contributed by atoms with Crippen LogP contribution in [-0.4, -0.2) is 32.5 Å². The van der Waals surface area contributed by atoms with E-state index >= 15 is 0 Å². The third-order valence-corrected chi connectivity index (χ3v) is 4.72. The van der Waals surface area contributed by atoms with E-state index in [0.717, 1.165) is 0 Å². The topological polar surface area (TPSA) is 74.2 Å². The van der Waals surface area contributed by atoms with Crippen LogP contribution in [0.15, 0.2) is 18.2 Å². The fraction of sp³-hybridized carbons (Fsp3) is 0.538. The fourth-order valence-electron chi connectivity index (χ4n) is 1.70. The molecule has 7 heteroatoms. The molecule has 0 aliphatic carbocycles. The molecule has 0 aromatic heterocycles. The highest BCUT2D eigenvalue weighted by Crippen LogP contribution is 2.60. The smallest absolute Gasteiger partial charge is 0.363 e. The Hall–Kier alpha value is -1.07. The van der Waals surface area contributed by atoms with Crippen molar-refractivity contribution in [2.75, 3.05) is 27.4 Å². The Kier molecular flexibility index (Phi) is 6.49. The van der Waals surface area contributed by atoms with Gasteiger partial charge in [0.1, 0.15) is 11.5 Å². The van der Waals surface area contributed by atoms with Crippen LogP contribution in [0.1, 0.15) is 25.3 Å². The normalized spacial score (nSPS) is 13.1. The number of ether oxygens (including phenoxy) is 2. The van der Waals surface area contributed by atoms with E-state index in [4.69, 9.17) is 18.5 Å². The zero-order valence-corrected chi connectivity index (χ0v) is 13.1. The molecule has 0 aliphatic rings. The molecule has 0 amide bonds. The summed E-state index contributed by atoms with van der Waals surface area (Å²) in [6.45, 7) is 3.72. The predicted molar refractivity (Wildman–Crippen MR) is 75.4 cm³/mol. The van der Waals surface area contributed by atoms with Gasteiger partial charge < -0.3 is 23.6 Å². The first kappa shape index (κ1) is 17.0. The van der Waals surface area contributed by atoms with Crippen LogP contribution in [0.3, 0.4) is 0 Å². The second kappa shape index (κ2) is 7.64. The van der Waals surface area contributed by atoms with Crippen LogP contribution in [0, 0.1) is 0 Å². The largest absolute Gasteiger partial charge is 0.497 e. The van der Waals surface area contributed by atoms with Crippen molar-refractivity contribution in [2.24, 2.45) is 0 Å². The van der Waals surface area contributed by atoms with Gasteiger partial charge in [0.2, 0.25) is 0 Å². The van der Waals surface area contributed by atoms with Gasteiger partial charge in [-0.05, 0) is 31.5 Å². The standard InChI is InChI=1S/C13H21O6P/c1-5-18-20(15,19-6-2)13(14)10-7-11(16-3)9-12(8-10)17-4/h7-9,13-14H,5-6H2,1-4H3. The van der Waals surface area contributed by atoms with Crippen molar-refractivity contribution in [3.8, 4) is 11.5 Å². The molecular weight excluding hydrogens is 283 g/mol. The van der Waals surface area contributed by atoms with Crippen LogP contribution in [0.2, 0.25) is 0 Å². The molecule has 1 aromatic carbocycles. The first-order valence-electron chi connectivity index (χ1n) is 6.30. The summed E-state index contributed by atoms with van der Waals surface area (Å²) >= 11 is 0. The lowest BCUT2D eigenvalue weighted by atomic mass is 10.2. The minimum Gasteiger partial charge on any atom is -0.497 e. The molecule has 20 heavy (non-hydrogen) atoms. The second-order valence-corrected chi connectivity index (χ2v) is 5.98. The van der Waals surface area contributed by atoms with E-state index in [1.54, 1.807) is 32.0 Å². The summed E-state index contributed by atoms with van der Waals surface area (Å²) in [4.78, 5) is 0. The van der Waals surface area contributed by atoms with Gasteiger partial charge in [0.05, 0.1) is 27.4 Å². The Morgan fingerprint density at radius 3 is 1.85 bits per heavy atom. The summed E-state index contributed by atoms with van der Waals surface area (Å²) in [5, 5.41) is 10.3. The molecule has 0 saturated heterocycles.